The van der Waals surface area contributed by atoms with E-state index in [9.17, 15) is 9.90 Å². The molecule has 0 aromatic carbocycles. The summed E-state index contributed by atoms with van der Waals surface area (Å²) in [6.07, 6.45) is -0.272. The molecule has 5 nitrogen and oxygen atoms in total. The van der Waals surface area contributed by atoms with E-state index in [-0.39, 0.29) is 0 Å². The predicted molar refractivity (Wildman–Crippen MR) is 49.5 cm³/mol. The Balaban J connectivity index is 2.56. The Morgan fingerprint density at radius 2 is 2.14 bits per heavy atom. The topological polar surface area (TPSA) is 66.8 Å². The maximum Gasteiger partial charge on any atom is 0.373 e. The number of hydrogen-bond acceptors (Lipinski definition) is 4. The molecule has 0 amide bonds. The number of esters is 1. The summed E-state index contributed by atoms with van der Waals surface area (Å²) in [5.41, 5.74) is 0. The number of cyclic esters (lactones) is 1. The third kappa shape index (κ3) is 2.71. The van der Waals surface area contributed by atoms with Gasteiger partial charge in [-0.2, -0.15) is 0 Å². The van der Waals surface area contributed by atoms with Crippen molar-refractivity contribution in [2.24, 2.45) is 0 Å². The highest BCUT2D eigenvalue weighted by Gasteiger charge is 2.33. The molecule has 1 aliphatic rings. The summed E-state index contributed by atoms with van der Waals surface area (Å²) in [7, 11) is 5.76. The molecular weight excluding hydrogens is 186 g/mol. The van der Waals surface area contributed by atoms with Crippen molar-refractivity contribution in [1.82, 2.24) is 0 Å². The molecule has 0 aromatic rings. The summed E-state index contributed by atoms with van der Waals surface area (Å²) in [5, 5.41) is 18.7. The highest BCUT2D eigenvalue weighted by Crippen LogP contribution is 2.15. The zero-order valence-electron chi connectivity index (χ0n) is 8.60. The minimum Gasteiger partial charge on any atom is -0.502 e. The first-order valence-electron chi connectivity index (χ1n) is 4.40. The molecule has 80 valence electrons. The van der Waals surface area contributed by atoms with E-state index in [2.05, 4.69) is 0 Å². The fourth-order valence-electron chi connectivity index (χ4n) is 1.30. The van der Waals surface area contributed by atoms with Crippen LogP contribution in [0.2, 0.25) is 0 Å². The molecular formula is C9H16NO4+. The second kappa shape index (κ2) is 3.59. The molecule has 2 N–H and O–H groups in total. The number of aliphatic hydroxyl groups is 2. The molecule has 0 aliphatic carbocycles. The van der Waals surface area contributed by atoms with Gasteiger partial charge in [0.2, 0.25) is 5.76 Å². The Bertz CT molecular complexity index is 266. The van der Waals surface area contributed by atoms with Crippen molar-refractivity contribution in [3.05, 3.63) is 11.8 Å². The molecule has 1 heterocycles. The second-order valence-corrected chi connectivity index (χ2v) is 4.46. The Morgan fingerprint density at radius 1 is 1.57 bits per heavy atom. The Hall–Kier alpha value is -1.07. The Kier molecular flexibility index (Phi) is 2.82. The van der Waals surface area contributed by atoms with Crippen LogP contribution in [0.25, 0.3) is 0 Å². The lowest BCUT2D eigenvalue weighted by molar-refractivity contribution is -0.873. The summed E-state index contributed by atoms with van der Waals surface area (Å²) in [6, 6.07) is 0. The number of quaternary nitrogens is 1. The van der Waals surface area contributed by atoms with Crippen molar-refractivity contribution >= 4 is 5.97 Å². The van der Waals surface area contributed by atoms with Gasteiger partial charge in [-0.25, -0.2) is 4.79 Å². The molecule has 1 rings (SSSR count). The van der Waals surface area contributed by atoms with Crippen molar-refractivity contribution in [1.29, 1.82) is 0 Å². The van der Waals surface area contributed by atoms with E-state index in [1.807, 2.05) is 21.1 Å². The molecule has 0 fully saturated rings. The third-order valence-corrected chi connectivity index (χ3v) is 1.89. The van der Waals surface area contributed by atoms with Crippen molar-refractivity contribution in [3.63, 3.8) is 0 Å². The molecule has 2 atom stereocenters. The average Bonchev–Trinajstić information content (AvgIpc) is 2.28. The van der Waals surface area contributed by atoms with Gasteiger partial charge in [0.1, 0.15) is 12.6 Å². The van der Waals surface area contributed by atoms with Crippen LogP contribution in [0.5, 0.6) is 0 Å². The van der Waals surface area contributed by atoms with Crippen LogP contribution in [0.3, 0.4) is 0 Å². The number of ether oxygens (including phenoxy) is 1. The zero-order valence-corrected chi connectivity index (χ0v) is 8.60. The van der Waals surface area contributed by atoms with Gasteiger partial charge in [-0.3, -0.25) is 0 Å². The molecule has 2 unspecified atom stereocenters. The third-order valence-electron chi connectivity index (χ3n) is 1.89. The van der Waals surface area contributed by atoms with Gasteiger partial charge in [0.25, 0.3) is 0 Å². The van der Waals surface area contributed by atoms with Crippen molar-refractivity contribution in [2.75, 3.05) is 27.7 Å². The van der Waals surface area contributed by atoms with E-state index in [0.29, 0.717) is 11.0 Å². The lowest BCUT2D eigenvalue weighted by Gasteiger charge is -2.28. The number of likely N-dealkylation sites (N-methyl/N-ethyl adjacent to an activating group) is 1. The fraction of sp³-hybridized carbons (Fsp3) is 0.667. The van der Waals surface area contributed by atoms with Crippen LogP contribution < -0.4 is 0 Å². The summed E-state index contributed by atoms with van der Waals surface area (Å²) < 4.78 is 5.30. The van der Waals surface area contributed by atoms with Crippen molar-refractivity contribution in [2.45, 2.75) is 12.2 Å². The molecule has 0 saturated heterocycles. The van der Waals surface area contributed by atoms with Gasteiger partial charge in [0.05, 0.1) is 21.1 Å². The molecule has 5 heteroatoms. The minimum atomic E-state index is -0.788. The number of aliphatic hydroxyl groups excluding tert-OH is 2. The molecule has 0 spiro atoms. The minimum absolute atomic E-state index is 0.421. The monoisotopic (exact) mass is 202 g/mol. The van der Waals surface area contributed by atoms with E-state index in [1.54, 1.807) is 0 Å². The molecule has 0 radical (unpaired) electrons. The number of nitrogens with zero attached hydrogens (tertiary/aromatic N) is 1. The smallest absolute Gasteiger partial charge is 0.373 e. The van der Waals surface area contributed by atoms with Gasteiger partial charge in [0.15, 0.2) is 6.10 Å². The molecule has 0 bridgehead atoms. The zero-order chi connectivity index (χ0) is 10.9. The molecule has 0 aromatic heterocycles. The lowest BCUT2D eigenvalue weighted by atomic mass is 10.2. The standard InChI is InChI=1S/C9H15NO4/c1-10(2,3)5-7(12)8-4-6(11)9(13)14-8/h4,7-8,12H,5H2,1-3H3/p+1. The number of rotatable bonds is 3. The van der Waals surface area contributed by atoms with Crippen molar-refractivity contribution in [3.8, 4) is 0 Å². The Morgan fingerprint density at radius 3 is 2.50 bits per heavy atom. The summed E-state index contributed by atoms with van der Waals surface area (Å²) in [5.74, 6) is -1.19. The average molecular weight is 202 g/mol. The van der Waals surface area contributed by atoms with Gasteiger partial charge in [-0.15, -0.1) is 0 Å². The summed E-state index contributed by atoms with van der Waals surface area (Å²) in [4.78, 5) is 10.8. The first kappa shape index (κ1) is 11.0. The quantitative estimate of drug-likeness (QED) is 0.474. The van der Waals surface area contributed by atoms with E-state index in [0.717, 1.165) is 0 Å². The van der Waals surface area contributed by atoms with E-state index >= 15 is 0 Å². The van der Waals surface area contributed by atoms with Gasteiger partial charge in [-0.05, 0) is 0 Å². The van der Waals surface area contributed by atoms with Crippen LogP contribution >= 0.6 is 0 Å². The molecule has 1 aliphatic heterocycles. The van der Waals surface area contributed by atoms with Crippen LogP contribution in [-0.4, -0.2) is 60.6 Å². The van der Waals surface area contributed by atoms with Crippen LogP contribution in [-0.2, 0) is 9.53 Å². The van der Waals surface area contributed by atoms with Gasteiger partial charge in [0, 0.05) is 6.08 Å². The maximum atomic E-state index is 10.8. The summed E-state index contributed by atoms with van der Waals surface area (Å²) >= 11 is 0. The normalized spacial score (nSPS) is 24.4. The number of carbonyl (C=O) groups is 1. The first-order valence-corrected chi connectivity index (χ1v) is 4.40. The number of carbonyl (C=O) groups excluding carboxylic acids is 1. The van der Waals surface area contributed by atoms with Gasteiger partial charge >= 0.3 is 5.97 Å². The highest BCUT2D eigenvalue weighted by atomic mass is 16.6. The van der Waals surface area contributed by atoms with E-state index in [4.69, 9.17) is 9.84 Å². The number of hydrogen-bond donors (Lipinski definition) is 2. The summed E-state index contributed by atoms with van der Waals surface area (Å²) in [6.45, 7) is 0.446. The van der Waals surface area contributed by atoms with Crippen LogP contribution in [0.1, 0.15) is 0 Å². The van der Waals surface area contributed by atoms with E-state index in [1.165, 1.54) is 6.08 Å². The van der Waals surface area contributed by atoms with E-state index < -0.39 is 23.9 Å². The second-order valence-electron chi connectivity index (χ2n) is 4.46. The SMILES string of the molecule is C[N+](C)(C)CC(O)C1C=C(O)C(=O)O1. The fourth-order valence-corrected chi connectivity index (χ4v) is 1.30. The highest BCUT2D eigenvalue weighted by molar-refractivity contribution is 5.88. The first-order chi connectivity index (χ1) is 6.29. The predicted octanol–water partition coefficient (Wildman–Crippen LogP) is -0.579. The maximum absolute atomic E-state index is 10.8. The van der Waals surface area contributed by atoms with Crippen LogP contribution in [0.4, 0.5) is 0 Å². The van der Waals surface area contributed by atoms with Gasteiger partial charge in [-0.1, -0.05) is 0 Å². The Labute approximate surface area is 82.8 Å². The van der Waals surface area contributed by atoms with Gasteiger partial charge < -0.3 is 19.4 Å². The van der Waals surface area contributed by atoms with Crippen LogP contribution in [0.15, 0.2) is 11.8 Å². The lowest BCUT2D eigenvalue weighted by Crippen LogP contribution is -2.45. The largest absolute Gasteiger partial charge is 0.502 e. The molecule has 0 saturated carbocycles. The van der Waals surface area contributed by atoms with Crippen molar-refractivity contribution < 1.29 is 24.2 Å². The molecule has 14 heavy (non-hydrogen) atoms. The van der Waals surface area contributed by atoms with Crippen LogP contribution in [0, 0.1) is 0 Å².